The molecule has 0 aromatic carbocycles. The van der Waals surface area contributed by atoms with Crippen molar-refractivity contribution in [3.05, 3.63) is 0 Å². The minimum atomic E-state index is 0.405. The zero-order valence-corrected chi connectivity index (χ0v) is 11.6. The third kappa shape index (κ3) is 6.47. The Balaban J connectivity index is 2.14. The normalized spacial score (nSPS) is 21.6. The second kappa shape index (κ2) is 6.15. The van der Waals surface area contributed by atoms with Crippen molar-refractivity contribution in [3.63, 3.8) is 0 Å². The van der Waals surface area contributed by atoms with Crippen molar-refractivity contribution in [3.8, 4) is 0 Å². The summed E-state index contributed by atoms with van der Waals surface area (Å²) in [4.78, 5) is 0. The predicted octanol–water partition coefficient (Wildman–Crippen LogP) is 3.83. The molecule has 1 atom stereocenters. The second-order valence-corrected chi connectivity index (χ2v) is 7.67. The summed E-state index contributed by atoms with van der Waals surface area (Å²) in [6.07, 6.45) is 7.09. The zero-order valence-electron chi connectivity index (χ0n) is 10.8. The highest BCUT2D eigenvalue weighted by Crippen LogP contribution is 2.24. The minimum Gasteiger partial charge on any atom is -0.311 e. The van der Waals surface area contributed by atoms with Crippen molar-refractivity contribution in [2.24, 2.45) is 0 Å². The molecule has 2 heteroatoms. The first-order valence-electron chi connectivity index (χ1n) is 6.37. The van der Waals surface area contributed by atoms with Gasteiger partial charge in [-0.1, -0.05) is 40.0 Å². The summed E-state index contributed by atoms with van der Waals surface area (Å²) in [6, 6.07) is 1.46. The van der Waals surface area contributed by atoms with Gasteiger partial charge >= 0.3 is 0 Å². The van der Waals surface area contributed by atoms with Crippen molar-refractivity contribution < 1.29 is 0 Å². The molecule has 0 spiro atoms. The van der Waals surface area contributed by atoms with Gasteiger partial charge in [0.1, 0.15) is 0 Å². The maximum Gasteiger partial charge on any atom is 0.0132 e. The van der Waals surface area contributed by atoms with Crippen molar-refractivity contribution in [2.45, 2.75) is 76.6 Å². The molecule has 0 radical (unpaired) electrons. The molecule has 0 aromatic heterocycles. The minimum absolute atomic E-state index is 0.405. The van der Waals surface area contributed by atoms with E-state index >= 15 is 0 Å². The summed E-state index contributed by atoms with van der Waals surface area (Å²) in [5.41, 5.74) is 0. The summed E-state index contributed by atoms with van der Waals surface area (Å²) in [6.45, 7) is 9.22. The first-order valence-corrected chi connectivity index (χ1v) is 7.36. The molecular weight excluding hydrogens is 202 g/mol. The highest BCUT2D eigenvalue weighted by molar-refractivity contribution is 8.00. The standard InChI is InChI=1S/C13H27NS/c1-11(10-15-13(2,3)4)14-12-8-6-5-7-9-12/h11-12,14H,5-10H2,1-4H3. The zero-order chi connectivity index (χ0) is 11.3. The van der Waals surface area contributed by atoms with Crippen molar-refractivity contribution >= 4 is 11.8 Å². The molecule has 0 heterocycles. The SMILES string of the molecule is CC(CSC(C)(C)C)NC1CCCCC1. The van der Waals surface area contributed by atoms with Gasteiger partial charge in [0.2, 0.25) is 0 Å². The third-order valence-corrected chi connectivity index (χ3v) is 4.42. The van der Waals surface area contributed by atoms with Crippen LogP contribution in [0.5, 0.6) is 0 Å². The fourth-order valence-electron chi connectivity index (χ4n) is 2.09. The van der Waals surface area contributed by atoms with Crippen LogP contribution in [0.1, 0.15) is 59.8 Å². The van der Waals surface area contributed by atoms with Crippen LogP contribution in [0.15, 0.2) is 0 Å². The van der Waals surface area contributed by atoms with Gasteiger partial charge in [0.25, 0.3) is 0 Å². The van der Waals surface area contributed by atoms with Crippen molar-refractivity contribution in [1.29, 1.82) is 0 Å². The molecule has 0 aliphatic heterocycles. The largest absolute Gasteiger partial charge is 0.311 e. The molecule has 0 bridgehead atoms. The first-order chi connectivity index (χ1) is 6.97. The van der Waals surface area contributed by atoms with Crippen LogP contribution in [0.4, 0.5) is 0 Å². The van der Waals surface area contributed by atoms with E-state index < -0.39 is 0 Å². The molecule has 1 N–H and O–H groups in total. The topological polar surface area (TPSA) is 12.0 Å². The van der Waals surface area contributed by atoms with Crippen LogP contribution in [0.2, 0.25) is 0 Å². The van der Waals surface area contributed by atoms with Crippen LogP contribution < -0.4 is 5.32 Å². The predicted molar refractivity (Wildman–Crippen MR) is 71.7 cm³/mol. The van der Waals surface area contributed by atoms with Crippen LogP contribution in [0, 0.1) is 0 Å². The fourth-order valence-corrected chi connectivity index (χ4v) is 2.94. The average Bonchev–Trinajstić information content (AvgIpc) is 2.15. The van der Waals surface area contributed by atoms with Crippen LogP contribution >= 0.6 is 11.8 Å². The molecule has 0 saturated heterocycles. The van der Waals surface area contributed by atoms with Gasteiger partial charge in [-0.05, 0) is 19.8 Å². The molecule has 1 unspecified atom stereocenters. The average molecular weight is 229 g/mol. The summed E-state index contributed by atoms with van der Waals surface area (Å²) in [7, 11) is 0. The molecule has 1 saturated carbocycles. The van der Waals surface area contributed by atoms with Crippen LogP contribution in [-0.4, -0.2) is 22.6 Å². The van der Waals surface area contributed by atoms with Crippen LogP contribution in [-0.2, 0) is 0 Å². The van der Waals surface area contributed by atoms with E-state index in [0.29, 0.717) is 10.8 Å². The van der Waals surface area contributed by atoms with Gasteiger partial charge in [0, 0.05) is 22.6 Å². The first kappa shape index (κ1) is 13.4. The maximum absolute atomic E-state index is 3.77. The van der Waals surface area contributed by atoms with E-state index in [1.807, 2.05) is 0 Å². The molecule has 1 nitrogen and oxygen atoms in total. The monoisotopic (exact) mass is 229 g/mol. The molecule has 90 valence electrons. The number of nitrogens with one attached hydrogen (secondary N) is 1. The molecule has 15 heavy (non-hydrogen) atoms. The van der Waals surface area contributed by atoms with Gasteiger partial charge in [-0.2, -0.15) is 11.8 Å². The lowest BCUT2D eigenvalue weighted by Crippen LogP contribution is -2.39. The molecule has 1 fully saturated rings. The van der Waals surface area contributed by atoms with Gasteiger partial charge in [-0.3, -0.25) is 0 Å². The lowest BCUT2D eigenvalue weighted by Gasteiger charge is -2.28. The van der Waals surface area contributed by atoms with Crippen molar-refractivity contribution in [1.82, 2.24) is 5.32 Å². The van der Waals surface area contributed by atoms with E-state index in [4.69, 9.17) is 0 Å². The summed E-state index contributed by atoms with van der Waals surface area (Å²) in [5.74, 6) is 1.24. The third-order valence-electron chi connectivity index (χ3n) is 2.89. The number of thioether (sulfide) groups is 1. The number of hydrogen-bond donors (Lipinski definition) is 1. The lowest BCUT2D eigenvalue weighted by molar-refractivity contribution is 0.353. The van der Waals surface area contributed by atoms with Crippen LogP contribution in [0.25, 0.3) is 0 Å². The summed E-state index contributed by atoms with van der Waals surface area (Å²) >= 11 is 2.07. The number of hydrogen-bond acceptors (Lipinski definition) is 2. The van der Waals surface area contributed by atoms with E-state index in [1.54, 1.807) is 0 Å². The fraction of sp³-hybridized carbons (Fsp3) is 1.00. The highest BCUT2D eigenvalue weighted by Gasteiger charge is 2.17. The van der Waals surface area contributed by atoms with E-state index in [-0.39, 0.29) is 0 Å². The second-order valence-electron chi connectivity index (χ2n) is 5.83. The number of rotatable bonds is 4. The summed E-state index contributed by atoms with van der Waals surface area (Å²) in [5, 5.41) is 3.77. The van der Waals surface area contributed by atoms with E-state index in [9.17, 15) is 0 Å². The van der Waals surface area contributed by atoms with Crippen molar-refractivity contribution in [2.75, 3.05) is 5.75 Å². The van der Waals surface area contributed by atoms with E-state index in [2.05, 4.69) is 44.8 Å². The Morgan fingerprint density at radius 2 is 1.80 bits per heavy atom. The summed E-state index contributed by atoms with van der Waals surface area (Å²) < 4.78 is 0.405. The Bertz CT molecular complexity index is 168. The van der Waals surface area contributed by atoms with E-state index in [0.717, 1.165) is 6.04 Å². The Labute approximate surface area is 99.8 Å². The molecule has 1 aliphatic rings. The van der Waals surface area contributed by atoms with Gasteiger partial charge < -0.3 is 5.32 Å². The van der Waals surface area contributed by atoms with Gasteiger partial charge in [-0.25, -0.2) is 0 Å². The Kier molecular flexibility index (Phi) is 5.48. The Morgan fingerprint density at radius 1 is 1.20 bits per heavy atom. The van der Waals surface area contributed by atoms with Gasteiger partial charge in [-0.15, -0.1) is 0 Å². The van der Waals surface area contributed by atoms with E-state index in [1.165, 1.54) is 37.9 Å². The molecule has 1 aliphatic carbocycles. The maximum atomic E-state index is 3.77. The Hall–Kier alpha value is 0.310. The Morgan fingerprint density at radius 3 is 2.33 bits per heavy atom. The van der Waals surface area contributed by atoms with Gasteiger partial charge in [0.15, 0.2) is 0 Å². The van der Waals surface area contributed by atoms with Crippen LogP contribution in [0.3, 0.4) is 0 Å². The molecule has 1 rings (SSSR count). The molecule has 0 amide bonds. The lowest BCUT2D eigenvalue weighted by atomic mass is 9.95. The highest BCUT2D eigenvalue weighted by atomic mass is 32.2. The smallest absolute Gasteiger partial charge is 0.0132 e. The molecule has 0 aromatic rings. The molecular formula is C13H27NS. The quantitative estimate of drug-likeness (QED) is 0.786. The van der Waals surface area contributed by atoms with Gasteiger partial charge in [0.05, 0.1) is 0 Å².